The van der Waals surface area contributed by atoms with Crippen LogP contribution < -0.4 is 22.3 Å². The molecule has 2 aromatic rings. The molecule has 28 heavy (non-hydrogen) atoms. The second kappa shape index (κ2) is 7.71. The highest BCUT2D eigenvalue weighted by molar-refractivity contribution is 5.85. The van der Waals surface area contributed by atoms with Gasteiger partial charge >= 0.3 is 5.69 Å². The Hall–Kier alpha value is -2.13. The number of fused-ring (bicyclic) bond motifs is 3. The maximum absolute atomic E-state index is 12.7. The van der Waals surface area contributed by atoms with Gasteiger partial charge in [-0.3, -0.25) is 18.7 Å². The van der Waals surface area contributed by atoms with Crippen molar-refractivity contribution in [2.24, 2.45) is 31.7 Å². The highest BCUT2D eigenvalue weighted by atomic mass is 35.5. The average Bonchev–Trinajstić information content (AvgIpc) is 3.02. The van der Waals surface area contributed by atoms with Crippen molar-refractivity contribution in [3.05, 3.63) is 27.2 Å². The molecule has 0 radical (unpaired) electrons. The third kappa shape index (κ3) is 3.37. The van der Waals surface area contributed by atoms with Gasteiger partial charge in [-0.25, -0.2) is 9.78 Å². The number of nitrogens with one attached hydrogen (secondary N) is 1. The first-order valence-electron chi connectivity index (χ1n) is 9.52. The molecule has 0 aliphatic heterocycles. The van der Waals surface area contributed by atoms with Crippen LogP contribution in [0, 0.1) is 11.8 Å². The van der Waals surface area contributed by atoms with Crippen molar-refractivity contribution in [3.63, 3.8) is 0 Å². The van der Waals surface area contributed by atoms with Crippen LogP contribution in [0.15, 0.2) is 15.9 Å². The molecule has 0 aromatic carbocycles. The summed E-state index contributed by atoms with van der Waals surface area (Å²) in [6, 6.07) is 0.392. The first kappa shape index (κ1) is 20.6. The largest absolute Gasteiger partial charge is 0.351 e. The predicted octanol–water partition coefficient (Wildman–Crippen LogP) is -0.122. The Labute approximate surface area is 168 Å². The van der Waals surface area contributed by atoms with Gasteiger partial charge in [0.05, 0.1) is 6.33 Å². The average molecular weight is 411 g/mol. The lowest BCUT2D eigenvalue weighted by Gasteiger charge is -2.45. The molecule has 2 fully saturated rings. The summed E-state index contributed by atoms with van der Waals surface area (Å²) < 4.78 is 3.88. The molecule has 3 N–H and O–H groups in total. The Balaban J connectivity index is 0.00000225. The molecule has 2 aliphatic rings. The van der Waals surface area contributed by atoms with Crippen molar-refractivity contribution >= 4 is 29.5 Å². The first-order valence-corrected chi connectivity index (χ1v) is 9.52. The van der Waals surface area contributed by atoms with Crippen LogP contribution >= 0.6 is 12.4 Å². The zero-order valence-corrected chi connectivity index (χ0v) is 16.9. The van der Waals surface area contributed by atoms with Crippen LogP contribution in [-0.2, 0) is 25.4 Å². The van der Waals surface area contributed by atoms with Crippen LogP contribution in [0.2, 0.25) is 0 Å². The number of carbonyl (C=O) groups is 1. The lowest BCUT2D eigenvalue weighted by atomic mass is 9.67. The van der Waals surface area contributed by atoms with Crippen molar-refractivity contribution < 1.29 is 4.79 Å². The molecule has 2 bridgehead atoms. The van der Waals surface area contributed by atoms with Crippen molar-refractivity contribution in [3.8, 4) is 0 Å². The fraction of sp³-hybridized carbons (Fsp3) is 0.667. The Morgan fingerprint density at radius 3 is 2.50 bits per heavy atom. The van der Waals surface area contributed by atoms with Gasteiger partial charge in [-0.15, -0.1) is 12.4 Å². The topological polar surface area (TPSA) is 117 Å². The fourth-order valence-corrected chi connectivity index (χ4v) is 4.93. The summed E-state index contributed by atoms with van der Waals surface area (Å²) in [5.41, 5.74) is 5.83. The first-order chi connectivity index (χ1) is 12.9. The molecule has 154 valence electrons. The summed E-state index contributed by atoms with van der Waals surface area (Å²) in [4.78, 5) is 41.4. The van der Waals surface area contributed by atoms with E-state index in [-0.39, 0.29) is 48.1 Å². The second-order valence-corrected chi connectivity index (χ2v) is 8.03. The molecule has 0 spiro atoms. The van der Waals surface area contributed by atoms with E-state index >= 15 is 0 Å². The monoisotopic (exact) mass is 410 g/mol. The Morgan fingerprint density at radius 1 is 1.21 bits per heavy atom. The van der Waals surface area contributed by atoms with Crippen molar-refractivity contribution in [1.29, 1.82) is 0 Å². The number of nitrogens with zero attached hydrogens (tertiary/aromatic N) is 4. The number of aryl methyl sites for hydroxylation is 1. The van der Waals surface area contributed by atoms with Gasteiger partial charge in [0.15, 0.2) is 11.2 Å². The summed E-state index contributed by atoms with van der Waals surface area (Å²) in [6.45, 7) is 0.00589. The van der Waals surface area contributed by atoms with E-state index in [1.807, 2.05) is 0 Å². The number of aromatic nitrogens is 4. The summed E-state index contributed by atoms with van der Waals surface area (Å²) in [6.07, 6.45) is 6.77. The highest BCUT2D eigenvalue weighted by Gasteiger charge is 2.39. The minimum absolute atomic E-state index is 0. The van der Waals surface area contributed by atoms with Crippen molar-refractivity contribution in [1.82, 2.24) is 24.0 Å². The van der Waals surface area contributed by atoms with Crippen LogP contribution in [0.25, 0.3) is 11.2 Å². The number of carbonyl (C=O) groups excluding carboxylic acids is 1. The molecule has 1 amide bonds. The van der Waals surface area contributed by atoms with Crippen LogP contribution in [0.5, 0.6) is 0 Å². The number of hydrogen-bond acceptors (Lipinski definition) is 5. The standard InChI is InChI=1S/C18H26N6O3.ClH/c1-22-16-15(17(26)23(2)18(22)27)24(9-20-16)8-13(25)21-14-10-4-3-5-11(14)7-12(19)6-10;/h9-12,14H,3-8,19H2,1-2H3,(H,21,25);1H. The van der Waals surface area contributed by atoms with Crippen LogP contribution in [-0.4, -0.2) is 36.7 Å². The molecule has 2 aliphatic carbocycles. The zero-order chi connectivity index (χ0) is 19.3. The molecule has 4 rings (SSSR count). The summed E-state index contributed by atoms with van der Waals surface area (Å²) in [5, 5.41) is 3.18. The fourth-order valence-electron chi connectivity index (χ4n) is 4.93. The predicted molar refractivity (Wildman–Crippen MR) is 107 cm³/mol. The SMILES string of the molecule is Cl.Cn1c(=O)c2c(ncn2CC(=O)NC2C3CCCC2CC(N)C3)n(C)c1=O. The van der Waals surface area contributed by atoms with Crippen LogP contribution in [0.1, 0.15) is 32.1 Å². The molecule has 10 heteroatoms. The smallest absolute Gasteiger partial charge is 0.332 e. The van der Waals surface area contributed by atoms with Gasteiger partial charge in [0.2, 0.25) is 5.91 Å². The van der Waals surface area contributed by atoms with E-state index in [2.05, 4.69) is 10.3 Å². The maximum Gasteiger partial charge on any atom is 0.332 e. The van der Waals surface area contributed by atoms with E-state index in [0.717, 1.165) is 30.3 Å². The summed E-state index contributed by atoms with van der Waals surface area (Å²) >= 11 is 0. The number of rotatable bonds is 3. The zero-order valence-electron chi connectivity index (χ0n) is 16.1. The number of halogens is 1. The number of hydrogen-bond donors (Lipinski definition) is 2. The van der Waals surface area contributed by atoms with Gasteiger partial charge in [-0.1, -0.05) is 6.42 Å². The normalized spacial score (nSPS) is 26.7. The van der Waals surface area contributed by atoms with Gasteiger partial charge in [0.25, 0.3) is 5.56 Å². The molecule has 2 unspecified atom stereocenters. The van der Waals surface area contributed by atoms with Gasteiger partial charge in [0, 0.05) is 26.2 Å². The lowest BCUT2D eigenvalue weighted by Crippen LogP contribution is -2.54. The van der Waals surface area contributed by atoms with E-state index in [0.29, 0.717) is 11.8 Å². The van der Waals surface area contributed by atoms with E-state index in [1.165, 1.54) is 28.9 Å². The van der Waals surface area contributed by atoms with E-state index < -0.39 is 11.2 Å². The Bertz CT molecular complexity index is 995. The molecular weight excluding hydrogens is 384 g/mol. The minimum Gasteiger partial charge on any atom is -0.351 e. The van der Waals surface area contributed by atoms with Gasteiger partial charge in [0.1, 0.15) is 6.54 Å². The highest BCUT2D eigenvalue weighted by Crippen LogP contribution is 2.39. The van der Waals surface area contributed by atoms with Crippen molar-refractivity contribution in [2.75, 3.05) is 0 Å². The van der Waals surface area contributed by atoms with Crippen LogP contribution in [0.4, 0.5) is 0 Å². The number of amides is 1. The quantitative estimate of drug-likeness (QED) is 0.731. The lowest BCUT2D eigenvalue weighted by molar-refractivity contribution is -0.124. The maximum atomic E-state index is 12.7. The molecule has 0 saturated heterocycles. The van der Waals surface area contributed by atoms with Gasteiger partial charge in [-0.2, -0.15) is 0 Å². The van der Waals surface area contributed by atoms with E-state index in [9.17, 15) is 14.4 Å². The molecule has 2 heterocycles. The van der Waals surface area contributed by atoms with Crippen LogP contribution in [0.3, 0.4) is 0 Å². The van der Waals surface area contributed by atoms with E-state index in [4.69, 9.17) is 5.73 Å². The Morgan fingerprint density at radius 2 is 1.86 bits per heavy atom. The molecule has 2 saturated carbocycles. The van der Waals surface area contributed by atoms with E-state index in [1.54, 1.807) is 7.05 Å². The van der Waals surface area contributed by atoms with Gasteiger partial charge < -0.3 is 15.6 Å². The summed E-state index contributed by atoms with van der Waals surface area (Å²) in [7, 11) is 2.99. The molecule has 9 nitrogen and oxygen atoms in total. The minimum atomic E-state index is -0.445. The molecule has 2 aromatic heterocycles. The number of imidazole rings is 1. The molecule has 2 atom stereocenters. The Kier molecular flexibility index (Phi) is 5.67. The second-order valence-electron chi connectivity index (χ2n) is 8.03. The third-order valence-electron chi connectivity index (χ3n) is 6.24. The van der Waals surface area contributed by atoms with Gasteiger partial charge in [-0.05, 0) is 37.5 Å². The molecular formula is C18H27ClN6O3. The third-order valence-corrected chi connectivity index (χ3v) is 6.24. The number of nitrogens with two attached hydrogens (primary N) is 1. The summed E-state index contributed by atoms with van der Waals surface area (Å²) in [5.74, 6) is 0.733. The van der Waals surface area contributed by atoms with Crippen molar-refractivity contribution in [2.45, 2.75) is 50.7 Å².